The monoisotopic (exact) mass is 237 g/mol. The third-order valence-corrected chi connectivity index (χ3v) is 2.58. The van der Waals surface area contributed by atoms with Crippen LogP contribution in [0.3, 0.4) is 0 Å². The van der Waals surface area contributed by atoms with Crippen molar-refractivity contribution in [3.05, 3.63) is 35.1 Å². The highest BCUT2D eigenvalue weighted by atomic mass is 35.5. The van der Waals surface area contributed by atoms with Crippen LogP contribution >= 0.6 is 11.6 Å². The standard InChI is InChI=1S/C11H8ClNO3/c1-16-6-2-3-7-8(4-6)10(12)13-5-9(7)11(14)15/h2-5H,1H3,(H,14,15). The van der Waals surface area contributed by atoms with Crippen molar-refractivity contribution in [3.63, 3.8) is 0 Å². The number of rotatable bonds is 2. The Bertz CT molecular complexity index is 568. The van der Waals surface area contributed by atoms with Crippen LogP contribution in [0.1, 0.15) is 10.4 Å². The number of methoxy groups -OCH3 is 1. The molecule has 1 aromatic carbocycles. The highest BCUT2D eigenvalue weighted by Crippen LogP contribution is 2.28. The van der Waals surface area contributed by atoms with E-state index in [2.05, 4.69) is 4.98 Å². The van der Waals surface area contributed by atoms with Crippen LogP contribution in [-0.4, -0.2) is 23.2 Å². The molecule has 2 aromatic rings. The first-order valence-corrected chi connectivity index (χ1v) is 4.87. The van der Waals surface area contributed by atoms with Gasteiger partial charge in [-0.2, -0.15) is 0 Å². The van der Waals surface area contributed by atoms with E-state index in [4.69, 9.17) is 21.4 Å². The van der Waals surface area contributed by atoms with Crippen LogP contribution in [0.5, 0.6) is 5.75 Å². The fraction of sp³-hybridized carbons (Fsp3) is 0.0909. The Morgan fingerprint density at radius 1 is 1.44 bits per heavy atom. The van der Waals surface area contributed by atoms with Gasteiger partial charge < -0.3 is 9.84 Å². The minimum atomic E-state index is -1.03. The largest absolute Gasteiger partial charge is 0.497 e. The quantitative estimate of drug-likeness (QED) is 0.816. The molecule has 0 amide bonds. The molecule has 1 heterocycles. The minimum absolute atomic E-state index is 0.127. The summed E-state index contributed by atoms with van der Waals surface area (Å²) in [7, 11) is 1.53. The van der Waals surface area contributed by atoms with Crippen LogP contribution in [0.15, 0.2) is 24.4 Å². The van der Waals surface area contributed by atoms with E-state index in [1.807, 2.05) is 0 Å². The van der Waals surface area contributed by atoms with Gasteiger partial charge in [-0.25, -0.2) is 9.78 Å². The lowest BCUT2D eigenvalue weighted by atomic mass is 10.1. The molecule has 0 radical (unpaired) electrons. The van der Waals surface area contributed by atoms with E-state index in [9.17, 15) is 4.79 Å². The van der Waals surface area contributed by atoms with Crippen molar-refractivity contribution >= 4 is 28.3 Å². The van der Waals surface area contributed by atoms with E-state index in [0.717, 1.165) is 0 Å². The van der Waals surface area contributed by atoms with E-state index < -0.39 is 5.97 Å². The number of nitrogens with zero attached hydrogens (tertiary/aromatic N) is 1. The molecule has 0 aliphatic heterocycles. The van der Waals surface area contributed by atoms with Gasteiger partial charge in [0.15, 0.2) is 0 Å². The third-order valence-electron chi connectivity index (χ3n) is 2.28. The van der Waals surface area contributed by atoms with E-state index in [-0.39, 0.29) is 10.7 Å². The summed E-state index contributed by atoms with van der Waals surface area (Å²) in [5, 5.41) is 10.4. The number of ether oxygens (including phenoxy) is 1. The molecule has 0 aliphatic carbocycles. The Kier molecular flexibility index (Phi) is 2.66. The Hall–Kier alpha value is -1.81. The number of carboxylic acids is 1. The van der Waals surface area contributed by atoms with Crippen molar-refractivity contribution in [2.75, 3.05) is 7.11 Å². The smallest absolute Gasteiger partial charge is 0.337 e. The molecule has 82 valence electrons. The van der Waals surface area contributed by atoms with Crippen molar-refractivity contribution in [3.8, 4) is 5.75 Å². The number of pyridine rings is 1. The topological polar surface area (TPSA) is 59.4 Å². The van der Waals surface area contributed by atoms with E-state index in [1.54, 1.807) is 18.2 Å². The molecule has 1 N–H and O–H groups in total. The van der Waals surface area contributed by atoms with Gasteiger partial charge in [0, 0.05) is 17.0 Å². The zero-order chi connectivity index (χ0) is 11.7. The second-order valence-corrected chi connectivity index (χ2v) is 3.54. The van der Waals surface area contributed by atoms with E-state index >= 15 is 0 Å². The van der Waals surface area contributed by atoms with Gasteiger partial charge in [0.1, 0.15) is 10.9 Å². The van der Waals surface area contributed by atoms with Gasteiger partial charge in [-0.05, 0) is 18.2 Å². The Morgan fingerprint density at radius 3 is 2.81 bits per heavy atom. The van der Waals surface area contributed by atoms with Crippen molar-refractivity contribution in [2.45, 2.75) is 0 Å². The maximum absolute atomic E-state index is 11.0. The predicted octanol–water partition coefficient (Wildman–Crippen LogP) is 2.59. The lowest BCUT2D eigenvalue weighted by Crippen LogP contribution is -1.99. The van der Waals surface area contributed by atoms with Gasteiger partial charge in [-0.15, -0.1) is 0 Å². The molecule has 4 nitrogen and oxygen atoms in total. The van der Waals surface area contributed by atoms with Crippen LogP contribution in [0.25, 0.3) is 10.8 Å². The molecule has 0 saturated heterocycles. The first-order chi connectivity index (χ1) is 7.63. The van der Waals surface area contributed by atoms with E-state index in [0.29, 0.717) is 16.5 Å². The lowest BCUT2D eigenvalue weighted by Gasteiger charge is -2.06. The van der Waals surface area contributed by atoms with Crippen molar-refractivity contribution < 1.29 is 14.6 Å². The van der Waals surface area contributed by atoms with Crippen LogP contribution in [0.2, 0.25) is 5.15 Å². The van der Waals surface area contributed by atoms with Crippen molar-refractivity contribution in [1.82, 2.24) is 4.98 Å². The Balaban J connectivity index is 2.80. The number of carboxylic acid groups (broad SMARTS) is 1. The molecule has 5 heteroatoms. The number of carbonyl (C=O) groups is 1. The lowest BCUT2D eigenvalue weighted by molar-refractivity contribution is 0.0698. The maximum atomic E-state index is 11.0. The van der Waals surface area contributed by atoms with Gasteiger partial charge in [0.2, 0.25) is 0 Å². The first-order valence-electron chi connectivity index (χ1n) is 4.49. The average Bonchev–Trinajstić information content (AvgIpc) is 2.29. The molecule has 1 aromatic heterocycles. The molecular formula is C11H8ClNO3. The molecule has 0 unspecified atom stereocenters. The second-order valence-electron chi connectivity index (χ2n) is 3.18. The highest BCUT2D eigenvalue weighted by Gasteiger charge is 2.12. The Labute approximate surface area is 96.4 Å². The number of hydrogen-bond acceptors (Lipinski definition) is 3. The normalized spacial score (nSPS) is 10.4. The summed E-state index contributed by atoms with van der Waals surface area (Å²) in [4.78, 5) is 14.8. The summed E-state index contributed by atoms with van der Waals surface area (Å²) in [6.07, 6.45) is 1.25. The zero-order valence-corrected chi connectivity index (χ0v) is 9.15. The Morgan fingerprint density at radius 2 is 2.19 bits per heavy atom. The molecule has 2 rings (SSSR count). The molecule has 0 bridgehead atoms. The summed E-state index contributed by atoms with van der Waals surface area (Å²) in [6.45, 7) is 0. The number of fused-ring (bicyclic) bond motifs is 1. The fourth-order valence-corrected chi connectivity index (χ4v) is 1.69. The summed E-state index contributed by atoms with van der Waals surface area (Å²) < 4.78 is 5.04. The number of benzene rings is 1. The predicted molar refractivity (Wildman–Crippen MR) is 60.3 cm³/mol. The molecule has 0 fully saturated rings. The minimum Gasteiger partial charge on any atom is -0.497 e. The molecular weight excluding hydrogens is 230 g/mol. The van der Waals surface area contributed by atoms with Crippen LogP contribution in [0.4, 0.5) is 0 Å². The number of aromatic carboxylic acids is 1. The number of hydrogen-bond donors (Lipinski definition) is 1. The van der Waals surface area contributed by atoms with E-state index in [1.165, 1.54) is 13.3 Å². The number of aromatic nitrogens is 1. The third kappa shape index (κ3) is 1.67. The van der Waals surface area contributed by atoms with Crippen LogP contribution in [0, 0.1) is 0 Å². The SMILES string of the molecule is COc1ccc2c(C(=O)O)cnc(Cl)c2c1. The van der Waals surface area contributed by atoms with Crippen LogP contribution in [-0.2, 0) is 0 Å². The fourth-order valence-electron chi connectivity index (χ4n) is 1.49. The number of halogens is 1. The maximum Gasteiger partial charge on any atom is 0.337 e. The van der Waals surface area contributed by atoms with Crippen LogP contribution < -0.4 is 4.74 Å². The van der Waals surface area contributed by atoms with Gasteiger partial charge >= 0.3 is 5.97 Å². The van der Waals surface area contributed by atoms with Gasteiger partial charge in [0.05, 0.1) is 12.7 Å². The average molecular weight is 238 g/mol. The molecule has 0 atom stereocenters. The van der Waals surface area contributed by atoms with Crippen molar-refractivity contribution in [2.24, 2.45) is 0 Å². The molecule has 0 aliphatic rings. The summed E-state index contributed by atoms with van der Waals surface area (Å²) >= 11 is 5.90. The van der Waals surface area contributed by atoms with Crippen molar-refractivity contribution in [1.29, 1.82) is 0 Å². The molecule has 16 heavy (non-hydrogen) atoms. The highest BCUT2D eigenvalue weighted by molar-refractivity contribution is 6.34. The summed E-state index contributed by atoms with van der Waals surface area (Å²) in [6, 6.07) is 5.01. The second kappa shape index (κ2) is 3.98. The first kappa shape index (κ1) is 10.7. The summed E-state index contributed by atoms with van der Waals surface area (Å²) in [5.41, 5.74) is 0.127. The zero-order valence-electron chi connectivity index (χ0n) is 8.40. The van der Waals surface area contributed by atoms with Gasteiger partial charge in [-0.3, -0.25) is 0 Å². The summed E-state index contributed by atoms with van der Waals surface area (Å²) in [5.74, 6) is -0.418. The van der Waals surface area contributed by atoms with Gasteiger partial charge in [0.25, 0.3) is 0 Å². The molecule has 0 spiro atoms. The molecule has 0 saturated carbocycles. The van der Waals surface area contributed by atoms with Gasteiger partial charge in [-0.1, -0.05) is 11.6 Å².